The van der Waals surface area contributed by atoms with Crippen molar-refractivity contribution in [2.45, 2.75) is 40.3 Å². The summed E-state index contributed by atoms with van der Waals surface area (Å²) in [6, 6.07) is 7.67. The first kappa shape index (κ1) is 15.9. The van der Waals surface area contributed by atoms with Crippen molar-refractivity contribution in [1.82, 2.24) is 5.32 Å². The number of aryl methyl sites for hydroxylation is 2. The van der Waals surface area contributed by atoms with Crippen LogP contribution in [0.5, 0.6) is 5.75 Å². The smallest absolute Gasteiger partial charge is 0.146 e. The summed E-state index contributed by atoms with van der Waals surface area (Å²) >= 11 is 5.94. The predicted octanol–water partition coefficient (Wildman–Crippen LogP) is 4.63. The maximum Gasteiger partial charge on any atom is 0.146 e. The van der Waals surface area contributed by atoms with Crippen LogP contribution in [0.15, 0.2) is 28.7 Å². The molecule has 0 aliphatic heterocycles. The Bertz CT molecular complexity index is 592. The van der Waals surface area contributed by atoms with Crippen molar-refractivity contribution in [3.05, 3.63) is 51.9 Å². The number of hydrogen-bond acceptors (Lipinski definition) is 3. The van der Waals surface area contributed by atoms with Crippen LogP contribution < -0.4 is 10.1 Å². The Morgan fingerprint density at radius 2 is 2.05 bits per heavy atom. The van der Waals surface area contributed by atoms with Crippen LogP contribution in [-0.2, 0) is 13.2 Å². The van der Waals surface area contributed by atoms with Gasteiger partial charge in [-0.25, -0.2) is 0 Å². The number of ether oxygens (including phenoxy) is 1. The fourth-order valence-electron chi connectivity index (χ4n) is 2.16. The van der Waals surface area contributed by atoms with Crippen LogP contribution in [0.3, 0.4) is 0 Å². The van der Waals surface area contributed by atoms with Crippen molar-refractivity contribution in [3.63, 3.8) is 0 Å². The Morgan fingerprint density at radius 1 is 1.24 bits per heavy atom. The Labute approximate surface area is 131 Å². The largest absolute Gasteiger partial charge is 0.485 e. The second-order valence-electron chi connectivity index (χ2n) is 5.17. The molecule has 0 unspecified atom stereocenters. The van der Waals surface area contributed by atoms with Crippen LogP contribution in [0, 0.1) is 13.8 Å². The summed E-state index contributed by atoms with van der Waals surface area (Å²) in [7, 11) is 0. The van der Waals surface area contributed by atoms with Crippen LogP contribution in [0.1, 0.15) is 36.0 Å². The van der Waals surface area contributed by atoms with Crippen molar-refractivity contribution in [2.24, 2.45) is 0 Å². The number of hydrogen-bond donors (Lipinski definition) is 1. The molecule has 21 heavy (non-hydrogen) atoms. The van der Waals surface area contributed by atoms with Gasteiger partial charge in [0, 0.05) is 17.1 Å². The molecule has 0 radical (unpaired) electrons. The van der Waals surface area contributed by atoms with E-state index in [0.29, 0.717) is 6.61 Å². The minimum atomic E-state index is 0.428. The molecule has 0 fully saturated rings. The van der Waals surface area contributed by atoms with E-state index in [-0.39, 0.29) is 0 Å². The van der Waals surface area contributed by atoms with Gasteiger partial charge < -0.3 is 14.5 Å². The monoisotopic (exact) mass is 307 g/mol. The molecule has 0 aliphatic carbocycles. The first-order chi connectivity index (χ1) is 10.1. The van der Waals surface area contributed by atoms with E-state index in [0.717, 1.165) is 47.4 Å². The Morgan fingerprint density at radius 3 is 2.76 bits per heavy atom. The molecular weight excluding hydrogens is 286 g/mol. The molecule has 0 saturated carbocycles. The molecule has 1 N–H and O–H groups in total. The van der Waals surface area contributed by atoms with Gasteiger partial charge in [0.05, 0.1) is 0 Å². The van der Waals surface area contributed by atoms with Gasteiger partial charge in [0.15, 0.2) is 0 Å². The normalized spacial score (nSPS) is 10.9. The average molecular weight is 308 g/mol. The zero-order valence-corrected chi connectivity index (χ0v) is 13.6. The van der Waals surface area contributed by atoms with Gasteiger partial charge in [-0.05, 0) is 56.6 Å². The minimum absolute atomic E-state index is 0.428. The molecule has 0 saturated heterocycles. The number of nitrogens with one attached hydrogen (secondary N) is 1. The summed E-state index contributed by atoms with van der Waals surface area (Å²) in [5.41, 5.74) is 2.21. The standard InChI is InChI=1S/C17H22ClNO2/c1-4-7-19-10-14-9-16(21-13(14)3)11-20-17-6-5-15(18)8-12(17)2/h5-6,8-9,19H,4,7,10-11H2,1-3H3. The number of furan rings is 1. The molecule has 0 spiro atoms. The first-order valence-corrected chi connectivity index (χ1v) is 7.65. The molecule has 2 aromatic rings. The summed E-state index contributed by atoms with van der Waals surface area (Å²) in [6.07, 6.45) is 1.13. The summed E-state index contributed by atoms with van der Waals surface area (Å²) in [4.78, 5) is 0. The highest BCUT2D eigenvalue weighted by Crippen LogP contribution is 2.23. The van der Waals surface area contributed by atoms with Crippen LogP contribution in [0.2, 0.25) is 5.02 Å². The molecule has 1 heterocycles. The van der Waals surface area contributed by atoms with E-state index in [1.165, 1.54) is 5.56 Å². The molecule has 1 aromatic heterocycles. The van der Waals surface area contributed by atoms with Crippen molar-refractivity contribution in [2.75, 3.05) is 6.54 Å². The van der Waals surface area contributed by atoms with Crippen LogP contribution >= 0.6 is 11.6 Å². The van der Waals surface area contributed by atoms with Gasteiger partial charge in [-0.1, -0.05) is 18.5 Å². The zero-order valence-electron chi connectivity index (χ0n) is 12.8. The molecule has 0 amide bonds. The predicted molar refractivity (Wildman–Crippen MR) is 86.0 cm³/mol. The summed E-state index contributed by atoms with van der Waals surface area (Å²) in [6.45, 7) is 8.40. The van der Waals surface area contributed by atoms with Gasteiger partial charge >= 0.3 is 0 Å². The lowest BCUT2D eigenvalue weighted by Gasteiger charge is -2.07. The second-order valence-corrected chi connectivity index (χ2v) is 5.61. The SMILES string of the molecule is CCCNCc1cc(COc2ccc(Cl)cc2C)oc1C. The van der Waals surface area contributed by atoms with Gasteiger partial charge in [0.25, 0.3) is 0 Å². The third kappa shape index (κ3) is 4.51. The maximum atomic E-state index is 5.94. The van der Waals surface area contributed by atoms with Crippen LogP contribution in [0.25, 0.3) is 0 Å². The van der Waals surface area contributed by atoms with Crippen molar-refractivity contribution < 1.29 is 9.15 Å². The van der Waals surface area contributed by atoms with E-state index in [1.807, 2.05) is 32.0 Å². The molecule has 1 aromatic carbocycles. The van der Waals surface area contributed by atoms with Crippen LogP contribution in [0.4, 0.5) is 0 Å². The zero-order chi connectivity index (χ0) is 15.2. The second kappa shape index (κ2) is 7.53. The first-order valence-electron chi connectivity index (χ1n) is 7.28. The highest BCUT2D eigenvalue weighted by atomic mass is 35.5. The quantitative estimate of drug-likeness (QED) is 0.757. The molecule has 0 atom stereocenters. The fraction of sp³-hybridized carbons (Fsp3) is 0.412. The third-order valence-electron chi connectivity index (χ3n) is 3.32. The number of rotatable bonds is 7. The van der Waals surface area contributed by atoms with E-state index >= 15 is 0 Å². The minimum Gasteiger partial charge on any atom is -0.485 e. The van der Waals surface area contributed by atoms with Gasteiger partial charge in [-0.3, -0.25) is 0 Å². The van der Waals surface area contributed by atoms with Crippen LogP contribution in [-0.4, -0.2) is 6.54 Å². The molecule has 114 valence electrons. The highest BCUT2D eigenvalue weighted by molar-refractivity contribution is 6.30. The lowest BCUT2D eigenvalue weighted by Crippen LogP contribution is -2.13. The van der Waals surface area contributed by atoms with Gasteiger partial charge in [-0.2, -0.15) is 0 Å². The molecule has 2 rings (SSSR count). The van der Waals surface area contributed by atoms with E-state index in [1.54, 1.807) is 0 Å². The Hall–Kier alpha value is -1.45. The Kier molecular flexibility index (Phi) is 5.71. The number of benzene rings is 1. The Balaban J connectivity index is 1.95. The van der Waals surface area contributed by atoms with Gasteiger partial charge in [0.2, 0.25) is 0 Å². The van der Waals surface area contributed by atoms with Crippen molar-refractivity contribution in [1.29, 1.82) is 0 Å². The highest BCUT2D eigenvalue weighted by Gasteiger charge is 2.08. The third-order valence-corrected chi connectivity index (χ3v) is 3.56. The fourth-order valence-corrected chi connectivity index (χ4v) is 2.38. The van der Waals surface area contributed by atoms with Crippen molar-refractivity contribution in [3.8, 4) is 5.75 Å². The molecule has 4 heteroatoms. The molecule has 0 aliphatic rings. The topological polar surface area (TPSA) is 34.4 Å². The van der Waals surface area contributed by atoms with Gasteiger partial charge in [-0.15, -0.1) is 0 Å². The molecule has 0 bridgehead atoms. The van der Waals surface area contributed by atoms with Crippen molar-refractivity contribution >= 4 is 11.6 Å². The van der Waals surface area contributed by atoms with E-state index in [9.17, 15) is 0 Å². The van der Waals surface area contributed by atoms with E-state index < -0.39 is 0 Å². The summed E-state index contributed by atoms with van der Waals surface area (Å²) < 4.78 is 11.5. The summed E-state index contributed by atoms with van der Waals surface area (Å²) in [5.74, 6) is 2.62. The molecule has 3 nitrogen and oxygen atoms in total. The molecular formula is C17H22ClNO2. The number of halogens is 1. The lowest BCUT2D eigenvalue weighted by molar-refractivity contribution is 0.266. The van der Waals surface area contributed by atoms with Gasteiger partial charge in [0.1, 0.15) is 23.9 Å². The van der Waals surface area contributed by atoms with E-state index in [4.69, 9.17) is 20.8 Å². The summed E-state index contributed by atoms with van der Waals surface area (Å²) in [5, 5.41) is 4.10. The average Bonchev–Trinajstić information content (AvgIpc) is 2.79. The maximum absolute atomic E-state index is 5.94. The van der Waals surface area contributed by atoms with E-state index in [2.05, 4.69) is 18.3 Å². The lowest BCUT2D eigenvalue weighted by atomic mass is 10.2.